The number of carbonyl (C=O) groups excluding carboxylic acids is 2. The quantitative estimate of drug-likeness (QED) is 0.564. The topological polar surface area (TPSA) is 56.3 Å². The van der Waals surface area contributed by atoms with Gasteiger partial charge in [0.25, 0.3) is 0 Å². The molecule has 142 valence electrons. The van der Waals surface area contributed by atoms with E-state index < -0.39 is 17.1 Å². The molecule has 0 bridgehead atoms. The molecule has 5 heteroatoms. The Kier molecular flexibility index (Phi) is 5.00. The Bertz CT molecular complexity index is 874. The highest BCUT2D eigenvalue weighted by molar-refractivity contribution is 6.29. The van der Waals surface area contributed by atoms with Gasteiger partial charge in [-0.3, -0.25) is 9.59 Å². The first kappa shape index (κ1) is 19.7. The van der Waals surface area contributed by atoms with Gasteiger partial charge in [-0.05, 0) is 69.0 Å². The molecule has 0 atom stereocenters. The lowest BCUT2D eigenvalue weighted by Crippen LogP contribution is -2.58. The molecule has 0 amide bonds. The van der Waals surface area contributed by atoms with Crippen LogP contribution in [0.5, 0.6) is 0 Å². The zero-order valence-electron chi connectivity index (χ0n) is 16.3. The van der Waals surface area contributed by atoms with Crippen molar-refractivity contribution in [2.75, 3.05) is 0 Å². The Balaban J connectivity index is 2.16. The van der Waals surface area contributed by atoms with E-state index in [1.54, 1.807) is 40.0 Å². The summed E-state index contributed by atoms with van der Waals surface area (Å²) in [7, 11) is 0. The molecule has 0 spiro atoms. The number of aryl methyl sites for hydroxylation is 1. The lowest BCUT2D eigenvalue weighted by molar-refractivity contribution is -0.184. The van der Waals surface area contributed by atoms with Crippen molar-refractivity contribution in [3.05, 3.63) is 52.8 Å². The van der Waals surface area contributed by atoms with Gasteiger partial charge in [0.15, 0.2) is 11.6 Å². The van der Waals surface area contributed by atoms with E-state index in [0.717, 1.165) is 28.7 Å². The van der Waals surface area contributed by atoms with E-state index in [1.807, 2.05) is 31.2 Å². The predicted octanol–water partition coefficient (Wildman–Crippen LogP) is 4.77. The number of ketones is 2. The fourth-order valence-electron chi connectivity index (χ4n) is 3.75. The molecule has 0 saturated carbocycles. The molecule has 0 radical (unpaired) electrons. The Hall–Kier alpha value is -2.04. The summed E-state index contributed by atoms with van der Waals surface area (Å²) in [5, 5.41) is 0.419. The minimum Gasteiger partial charge on any atom is -0.354 e. The second kappa shape index (κ2) is 6.84. The number of benzene rings is 1. The second-order valence-corrected chi connectivity index (χ2v) is 8.31. The molecule has 4 nitrogen and oxygen atoms in total. The predicted molar refractivity (Wildman–Crippen MR) is 106 cm³/mol. The summed E-state index contributed by atoms with van der Waals surface area (Å²) in [6.45, 7) is 8.95. The van der Waals surface area contributed by atoms with Crippen LogP contribution in [0.3, 0.4) is 0 Å². The molecule has 0 unspecified atom stereocenters. The molecule has 1 saturated heterocycles. The number of rotatable bonds is 3. The third-order valence-corrected chi connectivity index (χ3v) is 5.34. The first-order valence-electron chi connectivity index (χ1n) is 9.10. The van der Waals surface area contributed by atoms with Crippen molar-refractivity contribution >= 4 is 23.2 Å². The summed E-state index contributed by atoms with van der Waals surface area (Å²) in [5.41, 5.74) is 1.48. The number of halogens is 1. The van der Waals surface area contributed by atoms with Crippen molar-refractivity contribution in [1.82, 2.24) is 4.98 Å². The number of carbonyl (C=O) groups is 2. The van der Waals surface area contributed by atoms with E-state index in [4.69, 9.17) is 16.3 Å². The van der Waals surface area contributed by atoms with E-state index in [0.29, 0.717) is 5.15 Å². The fraction of sp³-hybridized carbons (Fsp3) is 0.409. The number of pyridine rings is 1. The number of hydrogen-bond acceptors (Lipinski definition) is 4. The van der Waals surface area contributed by atoms with Crippen LogP contribution in [0, 0.1) is 0 Å². The van der Waals surface area contributed by atoms with Crippen LogP contribution in [0.2, 0.25) is 5.15 Å². The maximum Gasteiger partial charge on any atom is 0.179 e. The van der Waals surface area contributed by atoms with Crippen molar-refractivity contribution in [3.63, 3.8) is 0 Å². The normalized spacial score (nSPS) is 19.3. The molecular formula is C22H24ClNO3. The summed E-state index contributed by atoms with van der Waals surface area (Å²) < 4.78 is 5.82. The number of nitrogens with zero attached hydrogens (tertiary/aromatic N) is 1. The van der Waals surface area contributed by atoms with Crippen LogP contribution < -0.4 is 0 Å². The van der Waals surface area contributed by atoms with E-state index in [1.165, 1.54) is 0 Å². The first-order chi connectivity index (χ1) is 12.6. The molecule has 1 aliphatic rings. The van der Waals surface area contributed by atoms with E-state index in [2.05, 4.69) is 4.98 Å². The highest BCUT2D eigenvalue weighted by Crippen LogP contribution is 2.40. The van der Waals surface area contributed by atoms with E-state index >= 15 is 0 Å². The number of aromatic nitrogens is 1. The van der Waals surface area contributed by atoms with Crippen molar-refractivity contribution in [3.8, 4) is 11.1 Å². The van der Waals surface area contributed by atoms with Gasteiger partial charge in [-0.25, -0.2) is 4.98 Å². The fourth-order valence-corrected chi connectivity index (χ4v) is 3.86. The largest absolute Gasteiger partial charge is 0.354 e. The van der Waals surface area contributed by atoms with Crippen LogP contribution in [-0.2, 0) is 20.7 Å². The Morgan fingerprint density at radius 2 is 1.59 bits per heavy atom. The molecule has 2 heterocycles. The van der Waals surface area contributed by atoms with Crippen LogP contribution in [0.4, 0.5) is 0 Å². The van der Waals surface area contributed by atoms with Gasteiger partial charge in [0, 0.05) is 11.8 Å². The maximum absolute atomic E-state index is 13.1. The smallest absolute Gasteiger partial charge is 0.179 e. The molecule has 0 aliphatic carbocycles. The van der Waals surface area contributed by atoms with Gasteiger partial charge in [-0.2, -0.15) is 0 Å². The highest BCUT2D eigenvalue weighted by Gasteiger charge is 2.53. The van der Waals surface area contributed by atoms with Crippen molar-refractivity contribution in [2.24, 2.45) is 0 Å². The van der Waals surface area contributed by atoms with Crippen molar-refractivity contribution in [1.29, 1.82) is 0 Å². The minimum absolute atomic E-state index is 0.201. The molecular weight excluding hydrogens is 362 g/mol. The number of hydrogen-bond donors (Lipinski definition) is 0. The average molecular weight is 386 g/mol. The summed E-state index contributed by atoms with van der Waals surface area (Å²) in [6, 6.07) is 9.50. The minimum atomic E-state index is -1.02. The summed E-state index contributed by atoms with van der Waals surface area (Å²) in [6.07, 6.45) is 2.42. The average Bonchev–Trinajstić information content (AvgIpc) is 2.60. The van der Waals surface area contributed by atoms with Gasteiger partial charge in [-0.1, -0.05) is 30.7 Å². The van der Waals surface area contributed by atoms with E-state index in [9.17, 15) is 9.59 Å². The van der Waals surface area contributed by atoms with Crippen LogP contribution >= 0.6 is 11.6 Å². The lowest BCUT2D eigenvalue weighted by atomic mass is 9.73. The van der Waals surface area contributed by atoms with Crippen LogP contribution in [0.1, 0.15) is 51.7 Å². The summed E-state index contributed by atoms with van der Waals surface area (Å²) in [5.74, 6) is -1.24. The zero-order chi connectivity index (χ0) is 20.0. The molecule has 1 aromatic heterocycles. The molecule has 1 aliphatic heterocycles. The maximum atomic E-state index is 13.1. The molecule has 1 aromatic carbocycles. The van der Waals surface area contributed by atoms with Crippen LogP contribution in [0.15, 0.2) is 36.5 Å². The third-order valence-electron chi connectivity index (χ3n) is 5.12. The van der Waals surface area contributed by atoms with E-state index in [-0.39, 0.29) is 11.6 Å². The number of ether oxygens (including phenoxy) is 1. The zero-order valence-corrected chi connectivity index (χ0v) is 17.1. The summed E-state index contributed by atoms with van der Waals surface area (Å²) >= 11 is 5.89. The van der Waals surface area contributed by atoms with Crippen LogP contribution in [0.25, 0.3) is 11.1 Å². The Morgan fingerprint density at radius 3 is 2.11 bits per heavy atom. The highest BCUT2D eigenvalue weighted by atomic mass is 35.5. The molecule has 1 fully saturated rings. The summed E-state index contributed by atoms with van der Waals surface area (Å²) in [4.78, 5) is 30.4. The standard InChI is InChI=1S/C22H24ClNO3/c1-6-13-7-8-14(15-9-10-17(23)24-12-15)11-16(13)18-19(25)21(2,3)27-22(4,5)20(18)26/h7-12,18H,6H2,1-5H3. The number of Topliss-reactive ketones (excluding diaryl/α,β-unsaturated/α-hetero) is 2. The lowest BCUT2D eigenvalue weighted by Gasteiger charge is -2.43. The monoisotopic (exact) mass is 385 g/mol. The molecule has 0 N–H and O–H groups in total. The molecule has 27 heavy (non-hydrogen) atoms. The van der Waals surface area contributed by atoms with Gasteiger partial charge in [0.2, 0.25) is 0 Å². The third kappa shape index (κ3) is 3.56. The van der Waals surface area contributed by atoms with Gasteiger partial charge < -0.3 is 4.74 Å². The van der Waals surface area contributed by atoms with Gasteiger partial charge in [0.05, 0.1) is 0 Å². The van der Waals surface area contributed by atoms with Crippen molar-refractivity contribution in [2.45, 2.75) is 58.2 Å². The SMILES string of the molecule is CCc1ccc(-c2ccc(Cl)nc2)cc1C1C(=O)C(C)(C)OC(C)(C)C1=O. The first-order valence-corrected chi connectivity index (χ1v) is 9.48. The molecule has 3 rings (SSSR count). The second-order valence-electron chi connectivity index (χ2n) is 7.92. The Morgan fingerprint density at radius 1 is 1.00 bits per heavy atom. The Labute approximate surface area is 164 Å². The van der Waals surface area contributed by atoms with Gasteiger partial charge in [0.1, 0.15) is 22.3 Å². The van der Waals surface area contributed by atoms with Gasteiger partial charge in [-0.15, -0.1) is 0 Å². The van der Waals surface area contributed by atoms with Crippen LogP contribution in [-0.4, -0.2) is 27.8 Å². The van der Waals surface area contributed by atoms with Gasteiger partial charge >= 0.3 is 0 Å². The van der Waals surface area contributed by atoms with Crippen molar-refractivity contribution < 1.29 is 14.3 Å². The molecule has 2 aromatic rings.